The monoisotopic (exact) mass is 308 g/mol. The molecule has 0 amide bonds. The average Bonchev–Trinajstić information content (AvgIpc) is 2.52. The van der Waals surface area contributed by atoms with Gasteiger partial charge in [-0.25, -0.2) is 4.79 Å². The minimum atomic E-state index is -1.27. The first-order valence-corrected chi connectivity index (χ1v) is 8.30. The van der Waals surface area contributed by atoms with Crippen LogP contribution in [0.15, 0.2) is 24.3 Å². The molecule has 0 spiro atoms. The molecule has 0 unspecified atom stereocenters. The van der Waals surface area contributed by atoms with Crippen molar-refractivity contribution in [3.8, 4) is 5.75 Å². The Bertz CT molecular complexity index is 400. The van der Waals surface area contributed by atoms with E-state index < -0.39 is 6.16 Å². The maximum atomic E-state index is 10.2. The molecule has 0 aliphatic rings. The van der Waals surface area contributed by atoms with E-state index in [0.717, 1.165) is 12.2 Å². The van der Waals surface area contributed by atoms with E-state index in [1.807, 2.05) is 12.1 Å². The summed E-state index contributed by atoms with van der Waals surface area (Å²) in [7, 11) is 0. The highest BCUT2D eigenvalue weighted by Crippen LogP contribution is 2.15. The molecule has 0 aliphatic heterocycles. The highest BCUT2D eigenvalue weighted by molar-refractivity contribution is 5.56. The molecule has 0 saturated heterocycles. The van der Waals surface area contributed by atoms with Gasteiger partial charge in [-0.1, -0.05) is 57.6 Å². The molecular formula is C18H28O4. The summed E-state index contributed by atoms with van der Waals surface area (Å²) in [5, 5.41) is 8.33. The normalized spacial score (nSPS) is 10.4. The van der Waals surface area contributed by atoms with Gasteiger partial charge in [0, 0.05) is 0 Å². The molecule has 0 radical (unpaired) electrons. The van der Waals surface area contributed by atoms with Gasteiger partial charge in [0.05, 0.1) is 0 Å². The third kappa shape index (κ3) is 9.27. The number of ether oxygens (including phenoxy) is 2. The van der Waals surface area contributed by atoms with E-state index in [1.165, 1.54) is 50.5 Å². The third-order valence-corrected chi connectivity index (χ3v) is 3.57. The van der Waals surface area contributed by atoms with Gasteiger partial charge in [-0.05, 0) is 30.5 Å². The fourth-order valence-corrected chi connectivity index (χ4v) is 2.33. The molecule has 0 aliphatic carbocycles. The summed E-state index contributed by atoms with van der Waals surface area (Å²) < 4.78 is 9.78. The Morgan fingerprint density at radius 3 is 2.23 bits per heavy atom. The van der Waals surface area contributed by atoms with Crippen LogP contribution in [0.1, 0.15) is 57.4 Å². The molecule has 0 bridgehead atoms. The second-order valence-corrected chi connectivity index (χ2v) is 5.48. The van der Waals surface area contributed by atoms with Crippen LogP contribution < -0.4 is 4.74 Å². The zero-order chi connectivity index (χ0) is 16.0. The first kappa shape index (κ1) is 18.3. The SMILES string of the molecule is CCCCCCCCCc1ccc(OCCOC(=O)O)cc1. The van der Waals surface area contributed by atoms with E-state index in [1.54, 1.807) is 0 Å². The average molecular weight is 308 g/mol. The van der Waals surface area contributed by atoms with E-state index in [2.05, 4.69) is 23.8 Å². The first-order chi connectivity index (χ1) is 10.7. The van der Waals surface area contributed by atoms with Gasteiger partial charge in [0.25, 0.3) is 0 Å². The summed E-state index contributed by atoms with van der Waals surface area (Å²) >= 11 is 0. The number of hydrogen-bond acceptors (Lipinski definition) is 3. The molecule has 0 fully saturated rings. The molecule has 1 aromatic rings. The van der Waals surface area contributed by atoms with Crippen LogP contribution in [0.2, 0.25) is 0 Å². The molecule has 0 aromatic heterocycles. The Morgan fingerprint density at radius 2 is 1.59 bits per heavy atom. The van der Waals surface area contributed by atoms with Crippen molar-refractivity contribution in [1.82, 2.24) is 0 Å². The molecule has 1 rings (SSSR count). The van der Waals surface area contributed by atoms with Crippen LogP contribution in [0.3, 0.4) is 0 Å². The topological polar surface area (TPSA) is 55.8 Å². The number of carbonyl (C=O) groups is 1. The van der Waals surface area contributed by atoms with Crippen LogP contribution in [0.5, 0.6) is 5.75 Å². The van der Waals surface area contributed by atoms with Gasteiger partial charge in [0.1, 0.15) is 19.0 Å². The summed E-state index contributed by atoms with van der Waals surface area (Å²) in [5.41, 5.74) is 1.32. The lowest BCUT2D eigenvalue weighted by Crippen LogP contribution is -2.10. The zero-order valence-corrected chi connectivity index (χ0v) is 13.6. The van der Waals surface area contributed by atoms with Crippen molar-refractivity contribution in [2.45, 2.75) is 58.3 Å². The van der Waals surface area contributed by atoms with Crippen LogP contribution in [0.25, 0.3) is 0 Å². The van der Waals surface area contributed by atoms with Crippen molar-refractivity contribution >= 4 is 6.16 Å². The van der Waals surface area contributed by atoms with Gasteiger partial charge in [0.15, 0.2) is 0 Å². The Morgan fingerprint density at radius 1 is 0.955 bits per heavy atom. The zero-order valence-electron chi connectivity index (χ0n) is 13.6. The quantitative estimate of drug-likeness (QED) is 0.433. The fraction of sp³-hybridized carbons (Fsp3) is 0.611. The molecule has 0 saturated carbocycles. The summed E-state index contributed by atoms with van der Waals surface area (Å²) in [6.45, 7) is 2.53. The maximum Gasteiger partial charge on any atom is 0.505 e. The van der Waals surface area contributed by atoms with Gasteiger partial charge < -0.3 is 14.6 Å². The van der Waals surface area contributed by atoms with E-state index in [0.29, 0.717) is 0 Å². The van der Waals surface area contributed by atoms with E-state index >= 15 is 0 Å². The van der Waals surface area contributed by atoms with Crippen molar-refractivity contribution in [3.63, 3.8) is 0 Å². The van der Waals surface area contributed by atoms with Crippen LogP contribution in [0.4, 0.5) is 4.79 Å². The second-order valence-electron chi connectivity index (χ2n) is 5.48. The van der Waals surface area contributed by atoms with Crippen LogP contribution in [-0.4, -0.2) is 24.5 Å². The van der Waals surface area contributed by atoms with Crippen LogP contribution in [0, 0.1) is 0 Å². The van der Waals surface area contributed by atoms with Gasteiger partial charge in [-0.3, -0.25) is 0 Å². The van der Waals surface area contributed by atoms with Crippen molar-refractivity contribution in [1.29, 1.82) is 0 Å². The Kier molecular flexibility index (Phi) is 9.92. The minimum Gasteiger partial charge on any atom is -0.490 e. The highest BCUT2D eigenvalue weighted by atomic mass is 16.7. The molecule has 1 N–H and O–H groups in total. The predicted octanol–water partition coefficient (Wildman–Crippen LogP) is 5.05. The number of benzene rings is 1. The lowest BCUT2D eigenvalue weighted by Gasteiger charge is -2.07. The summed E-state index contributed by atoms with van der Waals surface area (Å²) in [5.74, 6) is 0.748. The molecule has 22 heavy (non-hydrogen) atoms. The molecule has 0 atom stereocenters. The number of carboxylic acid groups (broad SMARTS) is 1. The molecule has 4 heteroatoms. The van der Waals surface area contributed by atoms with Crippen molar-refractivity contribution in [2.75, 3.05) is 13.2 Å². The lowest BCUT2D eigenvalue weighted by atomic mass is 10.0. The summed E-state index contributed by atoms with van der Waals surface area (Å²) in [6, 6.07) is 8.00. The van der Waals surface area contributed by atoms with E-state index in [9.17, 15) is 4.79 Å². The maximum absolute atomic E-state index is 10.2. The standard InChI is InChI=1S/C18H28O4/c1-2-3-4-5-6-7-8-9-16-10-12-17(13-11-16)21-14-15-22-18(19)20/h10-13H,2-9,14-15H2,1H3,(H,19,20). The molecular weight excluding hydrogens is 280 g/mol. The first-order valence-electron chi connectivity index (χ1n) is 8.30. The van der Waals surface area contributed by atoms with Crippen molar-refractivity contribution < 1.29 is 19.4 Å². The van der Waals surface area contributed by atoms with Crippen LogP contribution >= 0.6 is 0 Å². The predicted molar refractivity (Wildman–Crippen MR) is 87.6 cm³/mol. The highest BCUT2D eigenvalue weighted by Gasteiger charge is 1.99. The minimum absolute atomic E-state index is 0.0507. The molecule has 4 nitrogen and oxygen atoms in total. The Labute approximate surface area is 133 Å². The Balaban J connectivity index is 2.09. The van der Waals surface area contributed by atoms with Crippen molar-refractivity contribution in [2.24, 2.45) is 0 Å². The summed E-state index contributed by atoms with van der Waals surface area (Å²) in [6.07, 6.45) is 9.10. The van der Waals surface area contributed by atoms with Gasteiger partial charge in [-0.15, -0.1) is 0 Å². The Hall–Kier alpha value is -1.71. The third-order valence-electron chi connectivity index (χ3n) is 3.57. The molecule has 1 aromatic carbocycles. The summed E-state index contributed by atoms with van der Waals surface area (Å²) in [4.78, 5) is 10.2. The smallest absolute Gasteiger partial charge is 0.490 e. The van der Waals surface area contributed by atoms with E-state index in [-0.39, 0.29) is 13.2 Å². The number of unbranched alkanes of at least 4 members (excludes halogenated alkanes) is 6. The number of rotatable bonds is 12. The largest absolute Gasteiger partial charge is 0.505 e. The van der Waals surface area contributed by atoms with E-state index in [4.69, 9.17) is 9.84 Å². The second kappa shape index (κ2) is 11.9. The van der Waals surface area contributed by atoms with Gasteiger partial charge in [-0.2, -0.15) is 0 Å². The lowest BCUT2D eigenvalue weighted by molar-refractivity contribution is 0.0781. The number of aryl methyl sites for hydroxylation is 1. The number of hydrogen-bond donors (Lipinski definition) is 1. The molecule has 0 heterocycles. The fourth-order valence-electron chi connectivity index (χ4n) is 2.33. The van der Waals surface area contributed by atoms with Gasteiger partial charge >= 0.3 is 6.16 Å². The molecule has 124 valence electrons. The van der Waals surface area contributed by atoms with Gasteiger partial charge in [0.2, 0.25) is 0 Å². The van der Waals surface area contributed by atoms with Crippen molar-refractivity contribution in [3.05, 3.63) is 29.8 Å². The van der Waals surface area contributed by atoms with Crippen LogP contribution in [-0.2, 0) is 11.2 Å².